The van der Waals surface area contributed by atoms with Crippen LogP contribution in [0.3, 0.4) is 0 Å². The Hall–Kier alpha value is -1.73. The van der Waals surface area contributed by atoms with Crippen LogP contribution < -0.4 is 0 Å². The molecule has 6 nitrogen and oxygen atoms in total. The molecule has 1 aliphatic heterocycles. The summed E-state index contributed by atoms with van der Waals surface area (Å²) in [7, 11) is 3.46. The molecule has 3 atom stereocenters. The zero-order valence-corrected chi connectivity index (χ0v) is 18.6. The highest BCUT2D eigenvalue weighted by Crippen LogP contribution is 2.17. The topological polar surface area (TPSA) is 57.2 Å². The Morgan fingerprint density at radius 3 is 2.63 bits per heavy atom. The lowest BCUT2D eigenvalue weighted by molar-refractivity contribution is -0.155. The molecule has 1 amide bonds. The lowest BCUT2D eigenvalue weighted by Gasteiger charge is -2.26. The minimum Gasteiger partial charge on any atom is -0.371 e. The van der Waals surface area contributed by atoms with E-state index in [2.05, 4.69) is 13.0 Å². The molecule has 1 saturated heterocycles. The highest BCUT2D eigenvalue weighted by molar-refractivity contribution is 5.76. The maximum absolute atomic E-state index is 11.9. The standard InChI is InChI=1S/C24H37NO5/c1-4-21(30-19-23(26)25(2)3)22(29-18-20-12-6-5-7-13-20)14-8-10-16-27-24-15-9-11-17-28-24/h5-8,10,12-13,21-22,24H,4,9,11,14-19H2,1-3H3/b10-8-/t21-,22-,24?/m1/s1. The van der Waals surface area contributed by atoms with Crippen molar-refractivity contribution in [3.63, 3.8) is 0 Å². The first-order chi connectivity index (χ1) is 14.6. The monoisotopic (exact) mass is 419 g/mol. The van der Waals surface area contributed by atoms with Gasteiger partial charge in [0.2, 0.25) is 5.91 Å². The molecule has 1 aromatic carbocycles. The number of hydrogen-bond donors (Lipinski definition) is 0. The third-order valence-corrected chi connectivity index (χ3v) is 5.09. The molecule has 0 spiro atoms. The van der Waals surface area contributed by atoms with Gasteiger partial charge in [-0.2, -0.15) is 0 Å². The minimum absolute atomic E-state index is 0.0494. The molecule has 0 radical (unpaired) electrons. The average molecular weight is 420 g/mol. The van der Waals surface area contributed by atoms with Crippen molar-refractivity contribution in [3.8, 4) is 0 Å². The van der Waals surface area contributed by atoms with E-state index in [1.807, 2.05) is 36.4 Å². The third kappa shape index (κ3) is 9.39. The first kappa shape index (κ1) is 24.5. The van der Waals surface area contributed by atoms with Gasteiger partial charge in [0.1, 0.15) is 6.61 Å². The van der Waals surface area contributed by atoms with Gasteiger partial charge >= 0.3 is 0 Å². The molecule has 168 valence electrons. The average Bonchev–Trinajstić information content (AvgIpc) is 2.78. The Morgan fingerprint density at radius 1 is 1.17 bits per heavy atom. The van der Waals surface area contributed by atoms with Gasteiger partial charge in [-0.3, -0.25) is 4.79 Å². The summed E-state index contributed by atoms with van der Waals surface area (Å²) in [6.45, 7) is 3.92. The van der Waals surface area contributed by atoms with Gasteiger partial charge in [-0.05, 0) is 37.7 Å². The predicted molar refractivity (Wildman–Crippen MR) is 117 cm³/mol. The van der Waals surface area contributed by atoms with Gasteiger partial charge in [-0.1, -0.05) is 49.4 Å². The van der Waals surface area contributed by atoms with Crippen molar-refractivity contribution in [2.24, 2.45) is 0 Å². The number of nitrogens with zero attached hydrogens (tertiary/aromatic N) is 1. The zero-order chi connectivity index (χ0) is 21.6. The first-order valence-electron chi connectivity index (χ1n) is 11.0. The van der Waals surface area contributed by atoms with Gasteiger partial charge < -0.3 is 23.8 Å². The van der Waals surface area contributed by atoms with Gasteiger partial charge in [0.25, 0.3) is 0 Å². The predicted octanol–water partition coefficient (Wildman–Crippen LogP) is 3.94. The molecule has 0 saturated carbocycles. The second kappa shape index (κ2) is 14.3. The number of benzene rings is 1. The van der Waals surface area contributed by atoms with Crippen LogP contribution in [0.1, 0.15) is 44.6 Å². The lowest BCUT2D eigenvalue weighted by Crippen LogP contribution is -2.35. The number of hydrogen-bond acceptors (Lipinski definition) is 5. The molecule has 1 heterocycles. The summed E-state index contributed by atoms with van der Waals surface area (Å²) in [5, 5.41) is 0. The van der Waals surface area contributed by atoms with Crippen molar-refractivity contribution in [1.82, 2.24) is 4.90 Å². The summed E-state index contributed by atoms with van der Waals surface area (Å²) in [5.41, 5.74) is 1.11. The molecule has 30 heavy (non-hydrogen) atoms. The van der Waals surface area contributed by atoms with Crippen molar-refractivity contribution < 1.29 is 23.7 Å². The Balaban J connectivity index is 1.87. The molecule has 1 aliphatic rings. The van der Waals surface area contributed by atoms with Gasteiger partial charge in [0.05, 0.1) is 25.4 Å². The fraction of sp³-hybridized carbons (Fsp3) is 0.625. The van der Waals surface area contributed by atoms with Crippen molar-refractivity contribution >= 4 is 5.91 Å². The zero-order valence-electron chi connectivity index (χ0n) is 18.6. The molecule has 6 heteroatoms. The van der Waals surface area contributed by atoms with E-state index in [1.165, 1.54) is 4.90 Å². The van der Waals surface area contributed by atoms with Crippen LogP contribution in [0, 0.1) is 0 Å². The van der Waals surface area contributed by atoms with Crippen LogP contribution in [0.15, 0.2) is 42.5 Å². The Kier molecular flexibility index (Phi) is 11.7. The molecule has 1 aromatic rings. The van der Waals surface area contributed by atoms with Crippen LogP contribution in [-0.4, -0.2) is 63.2 Å². The number of amides is 1. The van der Waals surface area contributed by atoms with E-state index in [0.29, 0.717) is 19.6 Å². The maximum Gasteiger partial charge on any atom is 0.248 e. The van der Waals surface area contributed by atoms with Crippen LogP contribution in [-0.2, 0) is 30.3 Å². The van der Waals surface area contributed by atoms with E-state index in [9.17, 15) is 4.79 Å². The van der Waals surface area contributed by atoms with Crippen LogP contribution >= 0.6 is 0 Å². The van der Waals surface area contributed by atoms with Gasteiger partial charge in [-0.15, -0.1) is 0 Å². The van der Waals surface area contributed by atoms with Gasteiger partial charge in [0.15, 0.2) is 6.29 Å². The van der Waals surface area contributed by atoms with Crippen molar-refractivity contribution in [1.29, 1.82) is 0 Å². The summed E-state index contributed by atoms with van der Waals surface area (Å²) in [5.74, 6) is -0.0494. The number of likely N-dealkylation sites (N-methyl/N-ethyl adjacent to an activating group) is 1. The summed E-state index contributed by atoms with van der Waals surface area (Å²) in [6, 6.07) is 10.1. The molecule has 0 N–H and O–H groups in total. The van der Waals surface area contributed by atoms with E-state index < -0.39 is 0 Å². The lowest BCUT2D eigenvalue weighted by atomic mass is 10.1. The van der Waals surface area contributed by atoms with Crippen LogP contribution in [0.4, 0.5) is 0 Å². The van der Waals surface area contributed by atoms with E-state index in [0.717, 1.165) is 37.9 Å². The molecule has 2 rings (SSSR count). The number of carbonyl (C=O) groups is 1. The Morgan fingerprint density at radius 2 is 1.97 bits per heavy atom. The summed E-state index contributed by atoms with van der Waals surface area (Å²) in [4.78, 5) is 13.5. The summed E-state index contributed by atoms with van der Waals surface area (Å²) >= 11 is 0. The largest absolute Gasteiger partial charge is 0.371 e. The number of ether oxygens (including phenoxy) is 4. The van der Waals surface area contributed by atoms with Crippen molar-refractivity contribution in [2.45, 2.75) is 64.1 Å². The number of rotatable bonds is 13. The first-order valence-corrected chi connectivity index (χ1v) is 11.0. The van der Waals surface area contributed by atoms with Crippen LogP contribution in [0.25, 0.3) is 0 Å². The minimum atomic E-state index is -0.162. The quantitative estimate of drug-likeness (QED) is 0.453. The molecule has 0 aliphatic carbocycles. The van der Waals surface area contributed by atoms with Crippen molar-refractivity contribution in [3.05, 3.63) is 48.0 Å². The fourth-order valence-electron chi connectivity index (χ4n) is 3.20. The maximum atomic E-state index is 11.9. The molecule has 1 unspecified atom stereocenters. The summed E-state index contributed by atoms with van der Waals surface area (Å²) < 4.78 is 23.5. The third-order valence-electron chi connectivity index (χ3n) is 5.09. The molecular weight excluding hydrogens is 382 g/mol. The normalized spacial score (nSPS) is 19.0. The second-order valence-corrected chi connectivity index (χ2v) is 7.72. The fourth-order valence-corrected chi connectivity index (χ4v) is 3.20. The summed E-state index contributed by atoms with van der Waals surface area (Å²) in [6.07, 6.45) is 8.37. The van der Waals surface area contributed by atoms with Crippen molar-refractivity contribution in [2.75, 3.05) is 33.9 Å². The van der Waals surface area contributed by atoms with E-state index >= 15 is 0 Å². The molecule has 0 aromatic heterocycles. The highest BCUT2D eigenvalue weighted by atomic mass is 16.7. The van der Waals surface area contributed by atoms with E-state index in [1.54, 1.807) is 14.1 Å². The molecular formula is C24H37NO5. The second-order valence-electron chi connectivity index (χ2n) is 7.72. The van der Waals surface area contributed by atoms with E-state index in [4.69, 9.17) is 18.9 Å². The van der Waals surface area contributed by atoms with Crippen LogP contribution in [0.5, 0.6) is 0 Å². The SMILES string of the molecule is CC[C@@H](OCC(=O)N(C)C)[C@@H](C/C=C\COC1CCCCO1)OCc1ccccc1. The van der Waals surface area contributed by atoms with E-state index in [-0.39, 0.29) is 31.0 Å². The molecule has 1 fully saturated rings. The highest BCUT2D eigenvalue weighted by Gasteiger charge is 2.22. The van der Waals surface area contributed by atoms with Gasteiger partial charge in [-0.25, -0.2) is 0 Å². The van der Waals surface area contributed by atoms with Gasteiger partial charge in [0, 0.05) is 20.7 Å². The smallest absolute Gasteiger partial charge is 0.248 e. The Labute approximate surface area is 181 Å². The molecule has 0 bridgehead atoms. The van der Waals surface area contributed by atoms with Crippen LogP contribution in [0.2, 0.25) is 0 Å². The number of carbonyl (C=O) groups excluding carboxylic acids is 1. The Bertz CT molecular complexity index is 613.